The van der Waals surface area contributed by atoms with E-state index in [9.17, 15) is 8.42 Å². The van der Waals surface area contributed by atoms with E-state index in [1.165, 1.54) is 4.31 Å². The largest absolute Gasteiger partial charge is 0.301 e. The van der Waals surface area contributed by atoms with Gasteiger partial charge >= 0.3 is 10.2 Å². The fourth-order valence-corrected chi connectivity index (χ4v) is 2.17. The molecule has 0 aromatic rings. The molecule has 0 saturated heterocycles. The van der Waals surface area contributed by atoms with Crippen molar-refractivity contribution in [3.05, 3.63) is 24.4 Å². The van der Waals surface area contributed by atoms with Crippen LogP contribution in [-0.2, 0) is 10.2 Å². The van der Waals surface area contributed by atoms with Crippen LogP contribution in [0.1, 0.15) is 19.8 Å². The Balaban J connectivity index is 2.48. The quantitative estimate of drug-likeness (QED) is 0.697. The molecular weight excluding hydrogens is 200 g/mol. The summed E-state index contributed by atoms with van der Waals surface area (Å²) in [6.45, 7) is 2.95. The van der Waals surface area contributed by atoms with Crippen LogP contribution in [0.4, 0.5) is 0 Å². The normalized spacial score (nSPS) is 16.2. The molecule has 1 aliphatic rings. The molecule has 14 heavy (non-hydrogen) atoms. The lowest BCUT2D eigenvalue weighted by Crippen LogP contribution is -2.38. The van der Waals surface area contributed by atoms with Crippen molar-refractivity contribution >= 4 is 10.2 Å². The molecule has 4 nitrogen and oxygen atoms in total. The molecule has 0 aliphatic carbocycles. The topological polar surface area (TPSA) is 49.4 Å². The molecule has 1 heterocycles. The van der Waals surface area contributed by atoms with Crippen LogP contribution in [0.3, 0.4) is 0 Å². The standard InChI is InChI=1S/C9H16N2O2S/c1-2-3-7-10-14(12,13)11-8-5-4-6-9-11/h4-6,8,10H,2-3,7,9H2,1H3. The Bertz CT molecular complexity index is 320. The van der Waals surface area contributed by atoms with Gasteiger partial charge in [-0.15, -0.1) is 0 Å². The molecule has 0 unspecified atom stereocenters. The molecule has 1 N–H and O–H groups in total. The van der Waals surface area contributed by atoms with Crippen LogP contribution in [0, 0.1) is 0 Å². The van der Waals surface area contributed by atoms with Gasteiger partial charge in [0.25, 0.3) is 0 Å². The van der Waals surface area contributed by atoms with Crippen molar-refractivity contribution in [2.24, 2.45) is 0 Å². The summed E-state index contributed by atoms with van der Waals surface area (Å²) in [7, 11) is -3.31. The van der Waals surface area contributed by atoms with Crippen molar-refractivity contribution in [3.63, 3.8) is 0 Å². The maximum Gasteiger partial charge on any atom is 0.301 e. The summed E-state index contributed by atoms with van der Waals surface area (Å²) < 4.78 is 27.0. The van der Waals surface area contributed by atoms with Crippen LogP contribution in [-0.4, -0.2) is 25.8 Å². The van der Waals surface area contributed by atoms with Gasteiger partial charge in [0.2, 0.25) is 0 Å². The van der Waals surface area contributed by atoms with Gasteiger partial charge in [-0.25, -0.2) is 0 Å². The summed E-state index contributed by atoms with van der Waals surface area (Å²) in [6, 6.07) is 0. The number of unbranched alkanes of at least 4 members (excludes halogenated alkanes) is 1. The maximum absolute atomic E-state index is 11.6. The lowest BCUT2D eigenvalue weighted by Gasteiger charge is -2.20. The second-order valence-corrected chi connectivity index (χ2v) is 4.80. The second-order valence-electron chi connectivity index (χ2n) is 3.09. The van der Waals surface area contributed by atoms with Crippen LogP contribution in [0.5, 0.6) is 0 Å². The number of nitrogens with one attached hydrogen (secondary N) is 1. The van der Waals surface area contributed by atoms with E-state index < -0.39 is 10.2 Å². The van der Waals surface area contributed by atoms with Crippen molar-refractivity contribution < 1.29 is 8.42 Å². The Morgan fingerprint density at radius 1 is 1.43 bits per heavy atom. The molecule has 5 heteroatoms. The minimum absolute atomic E-state index is 0.415. The minimum atomic E-state index is -3.31. The van der Waals surface area contributed by atoms with Gasteiger partial charge in [0.05, 0.1) is 6.54 Å². The third kappa shape index (κ3) is 3.16. The van der Waals surface area contributed by atoms with E-state index in [1.54, 1.807) is 18.4 Å². The number of hydrogen-bond donors (Lipinski definition) is 1. The molecule has 0 aromatic carbocycles. The Hall–Kier alpha value is -0.810. The fourth-order valence-electron chi connectivity index (χ4n) is 1.09. The monoisotopic (exact) mass is 216 g/mol. The molecule has 1 aliphatic heterocycles. The van der Waals surface area contributed by atoms with Crippen molar-refractivity contribution in [2.75, 3.05) is 13.1 Å². The summed E-state index contributed by atoms with van der Waals surface area (Å²) in [6.07, 6.45) is 8.76. The van der Waals surface area contributed by atoms with Crippen LogP contribution in [0.2, 0.25) is 0 Å². The first-order valence-corrected chi connectivity index (χ1v) is 6.20. The first kappa shape index (κ1) is 11.3. The highest BCUT2D eigenvalue weighted by Crippen LogP contribution is 2.04. The Labute approximate surface area is 85.5 Å². The van der Waals surface area contributed by atoms with Gasteiger partial charge in [-0.1, -0.05) is 25.5 Å². The molecular formula is C9H16N2O2S. The molecule has 0 spiro atoms. The van der Waals surface area contributed by atoms with E-state index >= 15 is 0 Å². The SMILES string of the molecule is CCCCNS(=O)(=O)N1C=CC=CC1. The predicted octanol–water partition coefficient (Wildman–Crippen LogP) is 1.01. The van der Waals surface area contributed by atoms with E-state index in [0.29, 0.717) is 13.1 Å². The summed E-state index contributed by atoms with van der Waals surface area (Å²) >= 11 is 0. The van der Waals surface area contributed by atoms with E-state index in [-0.39, 0.29) is 0 Å². The van der Waals surface area contributed by atoms with E-state index in [1.807, 2.05) is 13.0 Å². The van der Waals surface area contributed by atoms with Crippen LogP contribution in [0.25, 0.3) is 0 Å². The Morgan fingerprint density at radius 2 is 2.21 bits per heavy atom. The van der Waals surface area contributed by atoms with Gasteiger partial charge in [-0.2, -0.15) is 13.1 Å². The highest BCUT2D eigenvalue weighted by Gasteiger charge is 2.16. The first-order chi connectivity index (χ1) is 6.67. The van der Waals surface area contributed by atoms with Gasteiger partial charge in [0.15, 0.2) is 0 Å². The summed E-state index contributed by atoms with van der Waals surface area (Å²) in [5.41, 5.74) is 0. The molecule has 0 aromatic heterocycles. The second kappa shape index (κ2) is 5.17. The van der Waals surface area contributed by atoms with Crippen LogP contribution < -0.4 is 4.72 Å². The first-order valence-electron chi connectivity index (χ1n) is 4.76. The average molecular weight is 216 g/mol. The lowest BCUT2D eigenvalue weighted by molar-refractivity contribution is 0.504. The van der Waals surface area contributed by atoms with Crippen LogP contribution in [0.15, 0.2) is 24.4 Å². The fraction of sp³-hybridized carbons (Fsp3) is 0.556. The smallest absolute Gasteiger partial charge is 0.261 e. The molecule has 0 amide bonds. The van der Waals surface area contributed by atoms with Gasteiger partial charge in [-0.05, 0) is 12.5 Å². The van der Waals surface area contributed by atoms with Gasteiger partial charge in [0.1, 0.15) is 0 Å². The number of allylic oxidation sites excluding steroid dienone is 2. The Morgan fingerprint density at radius 3 is 2.79 bits per heavy atom. The van der Waals surface area contributed by atoms with E-state index in [2.05, 4.69) is 4.72 Å². The zero-order valence-corrected chi connectivity index (χ0v) is 9.13. The zero-order valence-electron chi connectivity index (χ0n) is 8.31. The third-order valence-corrected chi connectivity index (χ3v) is 3.37. The molecule has 80 valence electrons. The number of nitrogens with zero attached hydrogens (tertiary/aromatic N) is 1. The lowest BCUT2D eigenvalue weighted by atomic mass is 10.3. The average Bonchev–Trinajstić information content (AvgIpc) is 2.19. The molecule has 1 rings (SSSR count). The summed E-state index contributed by atoms with van der Waals surface area (Å²) in [5, 5.41) is 0. The van der Waals surface area contributed by atoms with E-state index in [4.69, 9.17) is 0 Å². The van der Waals surface area contributed by atoms with Crippen molar-refractivity contribution in [3.8, 4) is 0 Å². The number of hydrogen-bond acceptors (Lipinski definition) is 2. The van der Waals surface area contributed by atoms with Crippen molar-refractivity contribution in [1.29, 1.82) is 0 Å². The molecule has 0 saturated carbocycles. The zero-order chi connectivity index (χ0) is 10.4. The Kier molecular flexibility index (Phi) is 4.16. The molecule has 0 fully saturated rings. The molecule has 0 bridgehead atoms. The summed E-state index contributed by atoms with van der Waals surface area (Å²) in [5.74, 6) is 0. The van der Waals surface area contributed by atoms with Gasteiger partial charge in [0, 0.05) is 12.7 Å². The van der Waals surface area contributed by atoms with Gasteiger partial charge < -0.3 is 0 Å². The molecule has 0 radical (unpaired) electrons. The van der Waals surface area contributed by atoms with Gasteiger partial charge in [-0.3, -0.25) is 4.31 Å². The third-order valence-electron chi connectivity index (χ3n) is 1.91. The molecule has 0 atom stereocenters. The number of rotatable bonds is 5. The van der Waals surface area contributed by atoms with E-state index in [0.717, 1.165) is 12.8 Å². The van der Waals surface area contributed by atoms with Crippen molar-refractivity contribution in [2.45, 2.75) is 19.8 Å². The minimum Gasteiger partial charge on any atom is -0.261 e. The predicted molar refractivity (Wildman–Crippen MR) is 56.8 cm³/mol. The highest BCUT2D eigenvalue weighted by molar-refractivity contribution is 7.87. The highest BCUT2D eigenvalue weighted by atomic mass is 32.2. The van der Waals surface area contributed by atoms with Crippen molar-refractivity contribution in [1.82, 2.24) is 9.03 Å². The summed E-state index contributed by atoms with van der Waals surface area (Å²) in [4.78, 5) is 0. The van der Waals surface area contributed by atoms with Crippen LogP contribution >= 0.6 is 0 Å². The maximum atomic E-state index is 11.6.